The number of aliphatic hydroxyl groups is 5. The first-order chi connectivity index (χ1) is 23.7. The molecule has 2 heterocycles. The van der Waals surface area contributed by atoms with Crippen LogP contribution in [0.15, 0.2) is 0 Å². The van der Waals surface area contributed by atoms with Crippen LogP contribution in [0.25, 0.3) is 0 Å². The molecule has 0 bridgehead atoms. The molecule has 50 heavy (non-hydrogen) atoms. The summed E-state index contributed by atoms with van der Waals surface area (Å²) in [4.78, 5) is 39.7. The molecule has 14 nitrogen and oxygen atoms in total. The Morgan fingerprint density at radius 3 is 1.42 bits per heavy atom. The summed E-state index contributed by atoms with van der Waals surface area (Å²) in [6, 6.07) is 0. The van der Waals surface area contributed by atoms with Crippen molar-refractivity contribution in [3.05, 3.63) is 0 Å². The second-order valence-corrected chi connectivity index (χ2v) is 14.9. The van der Waals surface area contributed by atoms with E-state index in [1.807, 2.05) is 0 Å². The van der Waals surface area contributed by atoms with Gasteiger partial charge in [0.2, 0.25) is 12.1 Å². The summed E-state index contributed by atoms with van der Waals surface area (Å²) in [5, 5.41) is 51.8. The van der Waals surface area contributed by atoms with E-state index in [4.69, 9.17) is 28.4 Å². The average Bonchev–Trinajstić information content (AvgIpc) is 3.30. The van der Waals surface area contributed by atoms with E-state index in [1.54, 1.807) is 0 Å². The van der Waals surface area contributed by atoms with Crippen LogP contribution in [0.2, 0.25) is 0 Å². The Kier molecular flexibility index (Phi) is 19.7. The zero-order chi connectivity index (χ0) is 37.4. The van der Waals surface area contributed by atoms with Crippen molar-refractivity contribution in [2.45, 2.75) is 173 Å². The van der Waals surface area contributed by atoms with Crippen molar-refractivity contribution < 1.29 is 68.3 Å². The molecule has 14 heteroatoms. The second-order valence-electron chi connectivity index (χ2n) is 14.9. The predicted octanol–water partition coefficient (Wildman–Crippen LogP) is 2.91. The van der Waals surface area contributed by atoms with Gasteiger partial charge in [-0.25, -0.2) is 0 Å². The van der Waals surface area contributed by atoms with Gasteiger partial charge >= 0.3 is 17.9 Å². The summed E-state index contributed by atoms with van der Waals surface area (Å²) in [6.07, 6.45) is -6.04. The molecular weight excluding hydrogens is 656 g/mol. The molecule has 292 valence electrons. The van der Waals surface area contributed by atoms with Gasteiger partial charge in [0.1, 0.15) is 31.0 Å². The molecule has 0 aliphatic carbocycles. The molecular formula is C36H64O14. The number of aliphatic hydroxyl groups excluding tert-OH is 5. The lowest BCUT2D eigenvalue weighted by Gasteiger charge is -2.46. The number of rotatable bonds is 23. The fourth-order valence-electron chi connectivity index (χ4n) is 6.09. The number of carbonyl (C=O) groups is 3. The maximum absolute atomic E-state index is 13.3. The molecule has 5 N–H and O–H groups in total. The third-order valence-corrected chi connectivity index (χ3v) is 9.03. The van der Waals surface area contributed by atoms with Crippen LogP contribution < -0.4 is 0 Å². The van der Waals surface area contributed by atoms with Crippen LogP contribution in [0.5, 0.6) is 0 Å². The van der Waals surface area contributed by atoms with Crippen LogP contribution in [0.4, 0.5) is 0 Å². The highest BCUT2D eigenvalue weighted by molar-refractivity contribution is 5.71. The number of unbranched alkanes of at least 4 members (excludes halogenated alkanes) is 3. The molecule has 2 saturated heterocycles. The molecule has 2 fully saturated rings. The van der Waals surface area contributed by atoms with Gasteiger partial charge < -0.3 is 54.0 Å². The molecule has 0 aromatic carbocycles. The Bertz CT molecular complexity index is 1010. The van der Waals surface area contributed by atoms with Gasteiger partial charge in [0.25, 0.3) is 0 Å². The first-order valence-corrected chi connectivity index (χ1v) is 18.5. The quantitative estimate of drug-likeness (QED) is 0.0585. The minimum Gasteiger partial charge on any atom is -0.455 e. The highest BCUT2D eigenvalue weighted by Gasteiger charge is 2.60. The molecule has 0 unspecified atom stereocenters. The van der Waals surface area contributed by atoms with Gasteiger partial charge in [-0.15, -0.1) is 0 Å². The highest BCUT2D eigenvalue weighted by Crippen LogP contribution is 2.38. The van der Waals surface area contributed by atoms with Gasteiger partial charge in [-0.2, -0.15) is 0 Å². The second kappa shape index (κ2) is 22.2. The van der Waals surface area contributed by atoms with E-state index in [0.29, 0.717) is 37.0 Å². The van der Waals surface area contributed by atoms with E-state index in [-0.39, 0.29) is 19.3 Å². The van der Waals surface area contributed by atoms with Crippen molar-refractivity contribution in [3.8, 4) is 0 Å². The number of ether oxygens (including phenoxy) is 6. The van der Waals surface area contributed by atoms with E-state index in [2.05, 4.69) is 41.5 Å². The predicted molar refractivity (Wildman–Crippen MR) is 180 cm³/mol. The van der Waals surface area contributed by atoms with E-state index >= 15 is 0 Å². The van der Waals surface area contributed by atoms with Crippen molar-refractivity contribution in [1.82, 2.24) is 0 Å². The normalized spacial score (nSPS) is 29.9. The lowest BCUT2D eigenvalue weighted by Crippen LogP contribution is -2.65. The molecule has 2 rings (SSSR count). The Morgan fingerprint density at radius 1 is 0.620 bits per heavy atom. The topological polar surface area (TPSA) is 208 Å². The minimum atomic E-state index is -2.37. The number of hydrogen-bond donors (Lipinski definition) is 5. The zero-order valence-corrected chi connectivity index (χ0v) is 30.9. The molecule has 0 aromatic rings. The van der Waals surface area contributed by atoms with Crippen LogP contribution >= 0.6 is 0 Å². The Labute approximate surface area is 297 Å². The van der Waals surface area contributed by atoms with E-state index in [0.717, 1.165) is 38.5 Å². The minimum absolute atomic E-state index is 0.00882. The third-order valence-electron chi connectivity index (χ3n) is 9.03. The van der Waals surface area contributed by atoms with Crippen LogP contribution in [-0.4, -0.2) is 118 Å². The Hall–Kier alpha value is -1.91. The highest BCUT2D eigenvalue weighted by atomic mass is 16.8. The molecule has 2 aliphatic rings. The standard InChI is InChI=1S/C36H64O14/c1-22(2)13-7-10-16-27(40)46-31-26(20-38)45-35(50-36(21-39)34(44)30(43)25(19-37)49-36)33(48-29(42)18-12-9-15-24(5)6)32(31)47-28(41)17-11-8-14-23(3)4/h22-26,30-35,37-39,43-44H,7-21H2,1-6H3/t25-,26-,30-,31-,32+,33-,34+,35-,36+/m1/s1. The summed E-state index contributed by atoms with van der Waals surface area (Å²) < 4.78 is 35.1. The van der Waals surface area contributed by atoms with Gasteiger partial charge in [0.15, 0.2) is 18.3 Å². The van der Waals surface area contributed by atoms with Crippen LogP contribution in [0.3, 0.4) is 0 Å². The number of carbonyl (C=O) groups excluding carboxylic acids is 3. The van der Waals surface area contributed by atoms with Gasteiger partial charge in [-0.1, -0.05) is 80.1 Å². The molecule has 9 atom stereocenters. The summed E-state index contributed by atoms with van der Waals surface area (Å²) >= 11 is 0. The van der Waals surface area contributed by atoms with Crippen molar-refractivity contribution in [3.63, 3.8) is 0 Å². The fourth-order valence-corrected chi connectivity index (χ4v) is 6.09. The largest absolute Gasteiger partial charge is 0.455 e. The van der Waals surface area contributed by atoms with E-state index in [1.165, 1.54) is 0 Å². The summed E-state index contributed by atoms with van der Waals surface area (Å²) in [5.41, 5.74) is 0. The lowest BCUT2D eigenvalue weighted by atomic mass is 9.97. The van der Waals surface area contributed by atoms with Crippen LogP contribution in [0, 0.1) is 17.8 Å². The molecule has 0 spiro atoms. The smallest absolute Gasteiger partial charge is 0.306 e. The Balaban J connectivity index is 2.46. The van der Waals surface area contributed by atoms with E-state index < -0.39 is 92.5 Å². The van der Waals surface area contributed by atoms with Crippen molar-refractivity contribution in [2.24, 2.45) is 17.8 Å². The Morgan fingerprint density at radius 2 is 1.04 bits per heavy atom. The fraction of sp³-hybridized carbons (Fsp3) is 0.917. The zero-order valence-electron chi connectivity index (χ0n) is 30.9. The molecule has 2 aliphatic heterocycles. The van der Waals surface area contributed by atoms with E-state index in [9.17, 15) is 39.9 Å². The molecule has 0 radical (unpaired) electrons. The monoisotopic (exact) mass is 720 g/mol. The van der Waals surface area contributed by atoms with Crippen LogP contribution in [-0.2, 0) is 42.8 Å². The lowest BCUT2D eigenvalue weighted by molar-refractivity contribution is -0.384. The average molecular weight is 721 g/mol. The maximum Gasteiger partial charge on any atom is 0.306 e. The van der Waals surface area contributed by atoms with Gasteiger partial charge in [-0.3, -0.25) is 14.4 Å². The first kappa shape index (κ1) is 44.3. The molecule has 0 aromatic heterocycles. The van der Waals surface area contributed by atoms with Crippen molar-refractivity contribution in [1.29, 1.82) is 0 Å². The van der Waals surface area contributed by atoms with Gasteiger partial charge in [0, 0.05) is 19.3 Å². The summed E-state index contributed by atoms with van der Waals surface area (Å²) in [6.45, 7) is 9.94. The molecule has 0 amide bonds. The SMILES string of the molecule is CC(C)CCCCC(=O)O[C@@H]1[C@@H](OC(=O)CCCCC(C)C)[C@@H](O[C@]2(CO)O[C@H](CO)[C@@H](O)[C@@H]2O)O[C@H](CO)[C@H]1OC(=O)CCCCC(C)C. The third kappa shape index (κ3) is 13.9. The van der Waals surface area contributed by atoms with Crippen molar-refractivity contribution >= 4 is 17.9 Å². The van der Waals surface area contributed by atoms with Gasteiger partial charge in [-0.05, 0) is 37.0 Å². The summed E-state index contributed by atoms with van der Waals surface area (Å²) in [7, 11) is 0. The first-order valence-electron chi connectivity index (χ1n) is 18.5. The molecule has 0 saturated carbocycles. The van der Waals surface area contributed by atoms with Gasteiger partial charge in [0.05, 0.1) is 13.2 Å². The van der Waals surface area contributed by atoms with Crippen LogP contribution in [0.1, 0.15) is 119 Å². The number of hydrogen-bond acceptors (Lipinski definition) is 14. The maximum atomic E-state index is 13.3. The summed E-state index contributed by atoms with van der Waals surface area (Å²) in [5.74, 6) is -3.04. The number of esters is 3. The van der Waals surface area contributed by atoms with Crippen molar-refractivity contribution in [2.75, 3.05) is 19.8 Å².